The first-order valence-corrected chi connectivity index (χ1v) is 7.91. The number of carbonyl (C=O) groups is 1. The lowest BCUT2D eigenvalue weighted by Crippen LogP contribution is -2.53. The van der Waals surface area contributed by atoms with Gasteiger partial charge in [0.05, 0.1) is 18.2 Å². The lowest BCUT2D eigenvalue weighted by Gasteiger charge is -2.29. The number of benzene rings is 1. The highest BCUT2D eigenvalue weighted by atomic mass is 35.5. The number of furan rings is 1. The molecule has 1 unspecified atom stereocenters. The average Bonchev–Trinajstić information content (AvgIpc) is 3.26. The predicted molar refractivity (Wildman–Crippen MR) is 95.0 cm³/mol. The summed E-state index contributed by atoms with van der Waals surface area (Å²) in [5, 5.41) is 4.16. The van der Waals surface area contributed by atoms with Crippen LogP contribution in [-0.2, 0) is 11.2 Å². The van der Waals surface area contributed by atoms with E-state index in [-0.39, 0.29) is 23.9 Å². The van der Waals surface area contributed by atoms with Crippen LogP contribution in [0.4, 0.5) is 0 Å². The Morgan fingerprint density at radius 1 is 1.35 bits per heavy atom. The van der Waals surface area contributed by atoms with Gasteiger partial charge in [-0.05, 0) is 62.8 Å². The molecule has 0 spiro atoms. The zero-order chi connectivity index (χ0) is 15.9. The first-order chi connectivity index (χ1) is 10.4. The number of hydrogen-bond acceptors (Lipinski definition) is 3. The number of nitrogens with two attached hydrogens (primary N) is 1. The van der Waals surface area contributed by atoms with Crippen LogP contribution in [0.3, 0.4) is 0 Å². The maximum atomic E-state index is 12.4. The summed E-state index contributed by atoms with van der Waals surface area (Å²) in [6, 6.07) is 4.13. The summed E-state index contributed by atoms with van der Waals surface area (Å²) in [5.41, 5.74) is 9.77. The van der Waals surface area contributed by atoms with E-state index in [1.807, 2.05) is 13.0 Å². The van der Waals surface area contributed by atoms with Gasteiger partial charge in [0.15, 0.2) is 0 Å². The second-order valence-corrected chi connectivity index (χ2v) is 6.81. The highest BCUT2D eigenvalue weighted by Gasteiger charge is 2.41. The van der Waals surface area contributed by atoms with E-state index in [0.717, 1.165) is 29.4 Å². The molecule has 1 amide bonds. The van der Waals surface area contributed by atoms with Crippen LogP contribution < -0.4 is 11.1 Å². The lowest BCUT2D eigenvalue weighted by atomic mass is 9.95. The number of hydrogen-bond donors (Lipinski definition) is 2. The molecule has 1 aliphatic carbocycles. The van der Waals surface area contributed by atoms with Gasteiger partial charge in [0.2, 0.25) is 5.91 Å². The fraction of sp³-hybridized carbons (Fsp3) is 0.500. The predicted octanol–water partition coefficient (Wildman–Crippen LogP) is 3.26. The Hall–Kier alpha value is -1.52. The Labute approximate surface area is 143 Å². The highest BCUT2D eigenvalue weighted by molar-refractivity contribution is 5.88. The standard InChI is InChI=1S/C18H24N2O2.ClH/c1-11-6-15-13(9-22-16(15)7-12(11)2)8-17(21)20-18(3,10-19)14-4-5-14;/h6-7,9,14H,4-5,8,10,19H2,1-3H3,(H,20,21);1H. The van der Waals surface area contributed by atoms with Crippen molar-refractivity contribution in [2.24, 2.45) is 11.7 Å². The van der Waals surface area contributed by atoms with Crippen molar-refractivity contribution in [3.63, 3.8) is 0 Å². The SMILES string of the molecule is Cc1cc2occ(CC(=O)NC(C)(CN)C3CC3)c2cc1C.Cl. The van der Waals surface area contributed by atoms with Crippen LogP contribution in [0.1, 0.15) is 36.5 Å². The van der Waals surface area contributed by atoms with E-state index < -0.39 is 0 Å². The first-order valence-electron chi connectivity index (χ1n) is 7.91. The molecule has 3 rings (SSSR count). The summed E-state index contributed by atoms with van der Waals surface area (Å²) in [4.78, 5) is 12.4. The monoisotopic (exact) mass is 336 g/mol. The number of fused-ring (bicyclic) bond motifs is 1. The summed E-state index contributed by atoms with van der Waals surface area (Å²) < 4.78 is 5.60. The molecule has 1 saturated carbocycles. The zero-order valence-electron chi connectivity index (χ0n) is 13.9. The van der Waals surface area contributed by atoms with Gasteiger partial charge in [-0.2, -0.15) is 0 Å². The average molecular weight is 337 g/mol. The van der Waals surface area contributed by atoms with Crippen LogP contribution in [0.2, 0.25) is 0 Å². The zero-order valence-corrected chi connectivity index (χ0v) is 14.8. The largest absolute Gasteiger partial charge is 0.464 e. The third-order valence-corrected chi connectivity index (χ3v) is 4.95. The number of amides is 1. The molecule has 1 aliphatic rings. The van der Waals surface area contributed by atoms with Gasteiger partial charge in [-0.15, -0.1) is 12.4 Å². The van der Waals surface area contributed by atoms with E-state index in [0.29, 0.717) is 18.9 Å². The molecule has 0 saturated heterocycles. The molecule has 4 nitrogen and oxygen atoms in total. The van der Waals surface area contributed by atoms with Crippen molar-refractivity contribution in [1.29, 1.82) is 0 Å². The molecule has 1 aromatic heterocycles. The summed E-state index contributed by atoms with van der Waals surface area (Å²) in [5.74, 6) is 0.535. The summed E-state index contributed by atoms with van der Waals surface area (Å²) in [6.45, 7) is 6.66. The number of nitrogens with one attached hydrogen (secondary N) is 1. The van der Waals surface area contributed by atoms with Crippen molar-refractivity contribution < 1.29 is 9.21 Å². The smallest absolute Gasteiger partial charge is 0.225 e. The fourth-order valence-electron chi connectivity index (χ4n) is 3.05. The van der Waals surface area contributed by atoms with Crippen molar-refractivity contribution in [3.05, 3.63) is 35.1 Å². The van der Waals surface area contributed by atoms with Crippen LogP contribution in [0, 0.1) is 19.8 Å². The van der Waals surface area contributed by atoms with Gasteiger partial charge < -0.3 is 15.5 Å². The van der Waals surface area contributed by atoms with E-state index in [2.05, 4.69) is 25.2 Å². The van der Waals surface area contributed by atoms with Gasteiger partial charge in [-0.1, -0.05) is 0 Å². The van der Waals surface area contributed by atoms with Crippen molar-refractivity contribution in [2.75, 3.05) is 6.54 Å². The van der Waals surface area contributed by atoms with Gasteiger partial charge in [0, 0.05) is 17.5 Å². The molecule has 0 radical (unpaired) electrons. The van der Waals surface area contributed by atoms with Gasteiger partial charge >= 0.3 is 0 Å². The van der Waals surface area contributed by atoms with E-state index in [1.165, 1.54) is 11.1 Å². The third-order valence-electron chi connectivity index (χ3n) is 4.95. The van der Waals surface area contributed by atoms with E-state index in [9.17, 15) is 4.79 Å². The molecule has 2 aromatic rings. The minimum atomic E-state index is -0.275. The summed E-state index contributed by atoms with van der Waals surface area (Å²) >= 11 is 0. The van der Waals surface area contributed by atoms with E-state index in [1.54, 1.807) is 6.26 Å². The van der Waals surface area contributed by atoms with Crippen LogP contribution in [0.25, 0.3) is 11.0 Å². The highest BCUT2D eigenvalue weighted by Crippen LogP contribution is 2.39. The van der Waals surface area contributed by atoms with Crippen molar-refractivity contribution in [1.82, 2.24) is 5.32 Å². The quantitative estimate of drug-likeness (QED) is 0.880. The maximum Gasteiger partial charge on any atom is 0.225 e. The third kappa shape index (κ3) is 3.54. The van der Waals surface area contributed by atoms with Gasteiger partial charge in [0.1, 0.15) is 5.58 Å². The molecule has 0 bridgehead atoms. The minimum absolute atomic E-state index is 0. The molecule has 5 heteroatoms. The van der Waals surface area contributed by atoms with E-state index >= 15 is 0 Å². The van der Waals surface area contributed by atoms with Crippen LogP contribution in [-0.4, -0.2) is 18.0 Å². The number of halogens is 1. The normalized spacial score (nSPS) is 16.7. The Morgan fingerprint density at radius 3 is 2.61 bits per heavy atom. The molecular weight excluding hydrogens is 312 g/mol. The van der Waals surface area contributed by atoms with Gasteiger partial charge in [0.25, 0.3) is 0 Å². The Bertz CT molecular complexity index is 721. The van der Waals surface area contributed by atoms with Gasteiger partial charge in [-0.25, -0.2) is 0 Å². The second-order valence-electron chi connectivity index (χ2n) is 6.81. The molecular formula is C18H25ClN2O2. The molecule has 0 aliphatic heterocycles. The molecule has 1 fully saturated rings. The minimum Gasteiger partial charge on any atom is -0.464 e. The lowest BCUT2D eigenvalue weighted by molar-refractivity contribution is -0.122. The van der Waals surface area contributed by atoms with Crippen LogP contribution in [0.15, 0.2) is 22.8 Å². The van der Waals surface area contributed by atoms with Gasteiger partial charge in [-0.3, -0.25) is 4.79 Å². The van der Waals surface area contributed by atoms with E-state index in [4.69, 9.17) is 10.2 Å². The van der Waals surface area contributed by atoms with Crippen LogP contribution in [0.5, 0.6) is 0 Å². The fourth-order valence-corrected chi connectivity index (χ4v) is 3.05. The number of rotatable bonds is 5. The number of aryl methyl sites for hydroxylation is 2. The maximum absolute atomic E-state index is 12.4. The molecule has 1 heterocycles. The van der Waals surface area contributed by atoms with Crippen LogP contribution >= 0.6 is 12.4 Å². The number of carbonyl (C=O) groups excluding carboxylic acids is 1. The Kier molecular flexibility index (Phi) is 5.07. The molecule has 23 heavy (non-hydrogen) atoms. The molecule has 3 N–H and O–H groups in total. The first kappa shape index (κ1) is 17.8. The second kappa shape index (κ2) is 6.54. The summed E-state index contributed by atoms with van der Waals surface area (Å²) in [6.07, 6.45) is 4.33. The summed E-state index contributed by atoms with van der Waals surface area (Å²) in [7, 11) is 0. The Balaban J connectivity index is 0.00000192. The Morgan fingerprint density at radius 2 is 2.00 bits per heavy atom. The molecule has 1 atom stereocenters. The van der Waals surface area contributed by atoms with Crippen molar-refractivity contribution >= 4 is 29.3 Å². The van der Waals surface area contributed by atoms with Crippen molar-refractivity contribution in [2.45, 2.75) is 45.6 Å². The molecule has 126 valence electrons. The topological polar surface area (TPSA) is 68.3 Å². The molecule has 1 aromatic carbocycles. The van der Waals surface area contributed by atoms with Crippen molar-refractivity contribution in [3.8, 4) is 0 Å².